The lowest BCUT2D eigenvalue weighted by atomic mass is 10.1. The van der Waals surface area contributed by atoms with E-state index in [9.17, 15) is 9.59 Å². The molecule has 1 aromatic heterocycles. The maximum absolute atomic E-state index is 13.2. The lowest BCUT2D eigenvalue weighted by Gasteiger charge is -2.24. The van der Waals surface area contributed by atoms with Gasteiger partial charge in [0, 0.05) is 34.4 Å². The number of nitrogens with zero attached hydrogens (tertiary/aromatic N) is 4. The highest BCUT2D eigenvalue weighted by Crippen LogP contribution is 2.34. The van der Waals surface area contributed by atoms with Crippen molar-refractivity contribution in [2.24, 2.45) is 0 Å². The van der Waals surface area contributed by atoms with Gasteiger partial charge < -0.3 is 14.8 Å². The molecule has 176 valence electrons. The van der Waals surface area contributed by atoms with Crippen LogP contribution < -0.4 is 5.32 Å². The first-order valence-electron chi connectivity index (χ1n) is 10.7. The van der Waals surface area contributed by atoms with Gasteiger partial charge in [0.1, 0.15) is 0 Å². The van der Waals surface area contributed by atoms with Gasteiger partial charge in [0.2, 0.25) is 5.91 Å². The normalized spacial score (nSPS) is 15.4. The Balaban J connectivity index is 1.48. The second-order valence-corrected chi connectivity index (χ2v) is 9.57. The average Bonchev–Trinajstić information content (AvgIpc) is 3.45. The average molecular weight is 516 g/mol. The first-order valence-corrected chi connectivity index (χ1v) is 12.5. The molecule has 4 rings (SSSR count). The quantitative estimate of drug-likeness (QED) is 0.317. The number of benzene rings is 2. The summed E-state index contributed by atoms with van der Waals surface area (Å²) < 4.78 is 1.92. The van der Waals surface area contributed by atoms with E-state index in [0.717, 1.165) is 12.8 Å². The van der Waals surface area contributed by atoms with Gasteiger partial charge in [0.15, 0.2) is 11.0 Å². The van der Waals surface area contributed by atoms with E-state index >= 15 is 0 Å². The van der Waals surface area contributed by atoms with Crippen molar-refractivity contribution < 1.29 is 9.59 Å². The van der Waals surface area contributed by atoms with Gasteiger partial charge in [0.25, 0.3) is 5.91 Å². The minimum absolute atomic E-state index is 0.0672. The highest BCUT2D eigenvalue weighted by molar-refractivity contribution is 7.99. The Labute approximate surface area is 212 Å². The number of amides is 2. The molecular weight excluding hydrogens is 493 g/mol. The van der Waals surface area contributed by atoms with Crippen LogP contribution in [0.3, 0.4) is 0 Å². The number of aromatic nitrogens is 3. The molecule has 1 unspecified atom stereocenters. The van der Waals surface area contributed by atoms with Crippen LogP contribution in [0.1, 0.15) is 35.1 Å². The Hall–Kier alpha value is -2.81. The minimum Gasteiger partial charge on any atom is -0.328 e. The molecule has 0 radical (unpaired) electrons. The van der Waals surface area contributed by atoms with E-state index < -0.39 is 0 Å². The summed E-state index contributed by atoms with van der Waals surface area (Å²) in [5, 5.41) is 13.3. The van der Waals surface area contributed by atoms with Crippen molar-refractivity contribution in [3.05, 3.63) is 82.6 Å². The third-order valence-electron chi connectivity index (χ3n) is 5.40. The molecule has 2 aromatic carbocycles. The number of carbonyl (C=O) groups is 2. The van der Waals surface area contributed by atoms with Crippen LogP contribution in [-0.2, 0) is 11.3 Å². The SMILES string of the molecule is C=CCn1c(SCC(=O)Nc2cccc(Cl)c2)nnc1C1CCCN1C(=O)c1ccc(Cl)cc1. The summed E-state index contributed by atoms with van der Waals surface area (Å²) in [6.07, 6.45) is 3.41. The summed E-state index contributed by atoms with van der Waals surface area (Å²) in [6.45, 7) is 4.95. The van der Waals surface area contributed by atoms with Crippen molar-refractivity contribution in [2.75, 3.05) is 17.6 Å². The number of thioether (sulfide) groups is 1. The van der Waals surface area contributed by atoms with Crippen LogP contribution in [-0.4, -0.2) is 43.8 Å². The Morgan fingerprint density at radius 3 is 2.68 bits per heavy atom. The first kappa shape index (κ1) is 24.3. The van der Waals surface area contributed by atoms with Crippen LogP contribution in [0.5, 0.6) is 0 Å². The van der Waals surface area contributed by atoms with E-state index in [4.69, 9.17) is 23.2 Å². The van der Waals surface area contributed by atoms with E-state index in [-0.39, 0.29) is 23.6 Å². The Bertz CT molecular complexity index is 1200. The second-order valence-electron chi connectivity index (χ2n) is 7.75. The van der Waals surface area contributed by atoms with E-state index in [0.29, 0.717) is 45.4 Å². The number of anilines is 1. The second kappa shape index (κ2) is 11.1. The zero-order valence-corrected chi connectivity index (χ0v) is 20.6. The molecule has 1 N–H and O–H groups in total. The number of carbonyl (C=O) groups excluding carboxylic acids is 2. The maximum atomic E-state index is 13.2. The monoisotopic (exact) mass is 515 g/mol. The molecule has 0 spiro atoms. The zero-order chi connectivity index (χ0) is 24.1. The molecule has 3 aromatic rings. The summed E-state index contributed by atoms with van der Waals surface area (Å²) >= 11 is 13.2. The van der Waals surface area contributed by atoms with Crippen molar-refractivity contribution in [1.29, 1.82) is 0 Å². The lowest BCUT2D eigenvalue weighted by Crippen LogP contribution is -2.32. The molecule has 1 atom stereocenters. The van der Waals surface area contributed by atoms with Crippen LogP contribution >= 0.6 is 35.0 Å². The highest BCUT2D eigenvalue weighted by atomic mass is 35.5. The van der Waals surface area contributed by atoms with Crippen molar-refractivity contribution in [1.82, 2.24) is 19.7 Å². The molecule has 1 aliphatic rings. The van der Waals surface area contributed by atoms with Gasteiger partial charge >= 0.3 is 0 Å². The minimum atomic E-state index is -0.203. The molecule has 2 amide bonds. The number of likely N-dealkylation sites (tertiary alicyclic amines) is 1. The number of rotatable bonds is 8. The van der Waals surface area contributed by atoms with Crippen LogP contribution in [0.25, 0.3) is 0 Å². The topological polar surface area (TPSA) is 80.1 Å². The fourth-order valence-electron chi connectivity index (χ4n) is 3.88. The van der Waals surface area contributed by atoms with E-state index in [2.05, 4.69) is 22.1 Å². The summed E-state index contributed by atoms with van der Waals surface area (Å²) in [7, 11) is 0. The number of halogens is 2. The molecule has 7 nitrogen and oxygen atoms in total. The van der Waals surface area contributed by atoms with Gasteiger partial charge in [-0.3, -0.25) is 9.59 Å². The van der Waals surface area contributed by atoms with Crippen LogP contribution in [0, 0.1) is 0 Å². The van der Waals surface area contributed by atoms with Gasteiger partial charge in [-0.25, -0.2) is 0 Å². The largest absolute Gasteiger partial charge is 0.328 e. The number of nitrogens with one attached hydrogen (secondary N) is 1. The van der Waals surface area contributed by atoms with Gasteiger partial charge in [0.05, 0.1) is 11.8 Å². The smallest absolute Gasteiger partial charge is 0.254 e. The van der Waals surface area contributed by atoms with Gasteiger partial charge in [-0.1, -0.05) is 47.1 Å². The molecule has 0 saturated carbocycles. The summed E-state index contributed by atoms with van der Waals surface area (Å²) in [5.41, 5.74) is 1.21. The Morgan fingerprint density at radius 1 is 1.15 bits per heavy atom. The van der Waals surface area contributed by atoms with E-state index in [1.165, 1.54) is 11.8 Å². The van der Waals surface area contributed by atoms with E-state index in [1.807, 2.05) is 9.47 Å². The highest BCUT2D eigenvalue weighted by Gasteiger charge is 2.34. The third-order valence-corrected chi connectivity index (χ3v) is 6.85. The Kier molecular flexibility index (Phi) is 7.92. The number of allylic oxidation sites excluding steroid dienone is 1. The fourth-order valence-corrected chi connectivity index (χ4v) is 4.96. The van der Waals surface area contributed by atoms with Crippen molar-refractivity contribution in [2.45, 2.75) is 30.6 Å². The fraction of sp³-hybridized carbons (Fsp3) is 0.250. The van der Waals surface area contributed by atoms with Crippen molar-refractivity contribution >= 4 is 52.5 Å². The van der Waals surface area contributed by atoms with Gasteiger partial charge in [-0.15, -0.1) is 16.8 Å². The zero-order valence-electron chi connectivity index (χ0n) is 18.3. The molecule has 34 heavy (non-hydrogen) atoms. The predicted octanol–water partition coefficient (Wildman–Crippen LogP) is 5.48. The summed E-state index contributed by atoms with van der Waals surface area (Å²) in [6, 6.07) is 13.7. The molecular formula is C24H23Cl2N5O2S. The van der Waals surface area contributed by atoms with E-state index in [1.54, 1.807) is 54.6 Å². The summed E-state index contributed by atoms with van der Waals surface area (Å²) in [5.74, 6) is 0.599. The first-order chi connectivity index (χ1) is 16.5. The molecule has 0 aliphatic carbocycles. The van der Waals surface area contributed by atoms with Crippen LogP contribution in [0.15, 0.2) is 66.3 Å². The third kappa shape index (κ3) is 5.63. The Morgan fingerprint density at radius 2 is 1.94 bits per heavy atom. The summed E-state index contributed by atoms with van der Waals surface area (Å²) in [4.78, 5) is 27.4. The lowest BCUT2D eigenvalue weighted by molar-refractivity contribution is -0.113. The number of hydrogen-bond donors (Lipinski definition) is 1. The van der Waals surface area contributed by atoms with Gasteiger partial charge in [-0.05, 0) is 55.3 Å². The van der Waals surface area contributed by atoms with Crippen LogP contribution in [0.4, 0.5) is 5.69 Å². The molecule has 0 bridgehead atoms. The van der Waals surface area contributed by atoms with Crippen molar-refractivity contribution in [3.8, 4) is 0 Å². The van der Waals surface area contributed by atoms with Crippen LogP contribution in [0.2, 0.25) is 10.0 Å². The molecule has 10 heteroatoms. The standard InChI is InChI=1S/C24H23Cl2N5O2S/c1-2-12-31-22(20-7-4-13-30(20)23(33)16-8-10-17(25)11-9-16)28-29-24(31)34-15-21(32)27-19-6-3-5-18(26)14-19/h2-3,5-6,8-11,14,20H,1,4,7,12-13,15H2,(H,27,32). The molecule has 2 heterocycles. The predicted molar refractivity (Wildman–Crippen MR) is 135 cm³/mol. The van der Waals surface area contributed by atoms with Crippen molar-refractivity contribution in [3.63, 3.8) is 0 Å². The molecule has 1 saturated heterocycles. The molecule has 1 aliphatic heterocycles. The molecule has 1 fully saturated rings. The number of hydrogen-bond acceptors (Lipinski definition) is 5. The van der Waals surface area contributed by atoms with Gasteiger partial charge in [-0.2, -0.15) is 0 Å². The maximum Gasteiger partial charge on any atom is 0.254 e.